The van der Waals surface area contributed by atoms with Crippen LogP contribution in [-0.4, -0.2) is 4.98 Å². The van der Waals surface area contributed by atoms with Gasteiger partial charge in [0.1, 0.15) is 0 Å². The van der Waals surface area contributed by atoms with Gasteiger partial charge in [-0.25, -0.2) is 0 Å². The van der Waals surface area contributed by atoms with Crippen LogP contribution in [0.4, 0.5) is 0 Å². The quantitative estimate of drug-likeness (QED) is 0.703. The van der Waals surface area contributed by atoms with Crippen LogP contribution in [0.25, 0.3) is 11.1 Å². The molecule has 0 radical (unpaired) electrons. The lowest BCUT2D eigenvalue weighted by Gasteiger charge is -2.23. The first-order chi connectivity index (χ1) is 7.98. The standard InChI is InChI=1S/C16H19N/c1-12-11-13(9-10-17-12)14-7-5-6-8-15(14)16(2,3)4/h5-11H,1-4H3. The Morgan fingerprint density at radius 1 is 1.00 bits per heavy atom. The van der Waals surface area contributed by atoms with Gasteiger partial charge in [-0.15, -0.1) is 0 Å². The second-order valence-electron chi connectivity index (χ2n) is 5.48. The number of benzene rings is 1. The highest BCUT2D eigenvalue weighted by Gasteiger charge is 2.17. The van der Waals surface area contributed by atoms with Crippen LogP contribution in [0.3, 0.4) is 0 Å². The molecule has 0 N–H and O–H groups in total. The van der Waals surface area contributed by atoms with E-state index in [2.05, 4.69) is 62.2 Å². The van der Waals surface area contributed by atoms with Gasteiger partial charge < -0.3 is 0 Å². The number of pyridine rings is 1. The van der Waals surface area contributed by atoms with Gasteiger partial charge in [0.15, 0.2) is 0 Å². The molecule has 1 nitrogen and oxygen atoms in total. The third-order valence-corrected chi connectivity index (χ3v) is 2.94. The average Bonchev–Trinajstić information content (AvgIpc) is 2.28. The minimum absolute atomic E-state index is 0.160. The smallest absolute Gasteiger partial charge is 0.0378 e. The van der Waals surface area contributed by atoms with Crippen LogP contribution in [0.1, 0.15) is 32.0 Å². The van der Waals surface area contributed by atoms with Gasteiger partial charge in [-0.1, -0.05) is 45.0 Å². The van der Waals surface area contributed by atoms with Crippen molar-refractivity contribution in [1.82, 2.24) is 4.98 Å². The van der Waals surface area contributed by atoms with E-state index in [4.69, 9.17) is 0 Å². The maximum atomic E-state index is 4.26. The largest absolute Gasteiger partial charge is 0.262 e. The Kier molecular flexibility index (Phi) is 3.01. The Balaban J connectivity index is 2.60. The highest BCUT2D eigenvalue weighted by molar-refractivity contribution is 5.68. The molecule has 0 aliphatic heterocycles. The minimum Gasteiger partial charge on any atom is -0.262 e. The van der Waals surface area contributed by atoms with Crippen molar-refractivity contribution in [2.75, 3.05) is 0 Å². The molecule has 1 heteroatoms. The topological polar surface area (TPSA) is 12.9 Å². The fourth-order valence-corrected chi connectivity index (χ4v) is 2.10. The van der Waals surface area contributed by atoms with Crippen molar-refractivity contribution in [3.8, 4) is 11.1 Å². The van der Waals surface area contributed by atoms with Gasteiger partial charge in [-0.2, -0.15) is 0 Å². The lowest BCUT2D eigenvalue weighted by molar-refractivity contribution is 0.592. The fraction of sp³-hybridized carbons (Fsp3) is 0.312. The summed E-state index contributed by atoms with van der Waals surface area (Å²) in [6, 6.07) is 12.8. The zero-order valence-electron chi connectivity index (χ0n) is 11.0. The van der Waals surface area contributed by atoms with Gasteiger partial charge in [0.2, 0.25) is 0 Å². The normalized spacial score (nSPS) is 11.5. The number of hydrogen-bond donors (Lipinski definition) is 0. The van der Waals surface area contributed by atoms with Crippen molar-refractivity contribution < 1.29 is 0 Å². The predicted molar refractivity (Wildman–Crippen MR) is 73.1 cm³/mol. The molecule has 0 aliphatic carbocycles. The number of rotatable bonds is 1. The van der Waals surface area contributed by atoms with Gasteiger partial charge in [0, 0.05) is 11.9 Å². The summed E-state index contributed by atoms with van der Waals surface area (Å²) in [4.78, 5) is 4.26. The van der Waals surface area contributed by atoms with Gasteiger partial charge in [0.25, 0.3) is 0 Å². The fourth-order valence-electron chi connectivity index (χ4n) is 2.10. The Morgan fingerprint density at radius 2 is 1.71 bits per heavy atom. The van der Waals surface area contributed by atoms with Gasteiger partial charge in [0.05, 0.1) is 0 Å². The molecular weight excluding hydrogens is 206 g/mol. The van der Waals surface area contributed by atoms with Crippen LogP contribution in [0.5, 0.6) is 0 Å². The molecule has 88 valence electrons. The second-order valence-corrected chi connectivity index (χ2v) is 5.48. The van der Waals surface area contributed by atoms with Crippen molar-refractivity contribution in [2.24, 2.45) is 0 Å². The van der Waals surface area contributed by atoms with E-state index in [1.165, 1.54) is 16.7 Å². The number of nitrogens with zero attached hydrogens (tertiary/aromatic N) is 1. The molecule has 0 amide bonds. The summed E-state index contributed by atoms with van der Waals surface area (Å²) in [5.74, 6) is 0. The van der Waals surface area contributed by atoms with E-state index in [1.807, 2.05) is 13.1 Å². The highest BCUT2D eigenvalue weighted by Crippen LogP contribution is 2.32. The molecule has 0 atom stereocenters. The monoisotopic (exact) mass is 225 g/mol. The van der Waals surface area contributed by atoms with Crippen LogP contribution < -0.4 is 0 Å². The molecule has 2 aromatic rings. The third kappa shape index (κ3) is 2.55. The molecule has 2 rings (SSSR count). The van der Waals surface area contributed by atoms with E-state index < -0.39 is 0 Å². The Bertz CT molecular complexity index is 521. The Labute approximate surface area is 104 Å². The van der Waals surface area contributed by atoms with Gasteiger partial charge in [-0.05, 0) is 41.2 Å². The first kappa shape index (κ1) is 11.8. The van der Waals surface area contributed by atoms with Crippen molar-refractivity contribution in [3.05, 3.63) is 53.9 Å². The Morgan fingerprint density at radius 3 is 2.35 bits per heavy atom. The predicted octanol–water partition coefficient (Wildman–Crippen LogP) is 4.35. The van der Waals surface area contributed by atoms with Crippen LogP contribution in [-0.2, 0) is 5.41 Å². The summed E-state index contributed by atoms with van der Waals surface area (Å²) in [5.41, 5.74) is 5.17. The van der Waals surface area contributed by atoms with Crippen molar-refractivity contribution in [1.29, 1.82) is 0 Å². The molecule has 0 fully saturated rings. The summed E-state index contributed by atoms with van der Waals surface area (Å²) in [7, 11) is 0. The maximum Gasteiger partial charge on any atom is 0.0378 e. The molecule has 0 saturated heterocycles. The van der Waals surface area contributed by atoms with E-state index >= 15 is 0 Å². The number of aromatic nitrogens is 1. The second kappa shape index (κ2) is 4.33. The summed E-state index contributed by atoms with van der Waals surface area (Å²) >= 11 is 0. The maximum absolute atomic E-state index is 4.26. The van der Waals surface area contributed by atoms with Gasteiger partial charge >= 0.3 is 0 Å². The lowest BCUT2D eigenvalue weighted by Crippen LogP contribution is -2.12. The summed E-state index contributed by atoms with van der Waals surface area (Å²) in [6.07, 6.45) is 1.88. The number of hydrogen-bond acceptors (Lipinski definition) is 1. The van der Waals surface area contributed by atoms with Crippen LogP contribution in [0.2, 0.25) is 0 Å². The first-order valence-electron chi connectivity index (χ1n) is 6.01. The van der Waals surface area contributed by atoms with E-state index in [0.29, 0.717) is 0 Å². The molecular formula is C16H19N. The summed E-state index contributed by atoms with van der Waals surface area (Å²) in [5, 5.41) is 0. The first-order valence-corrected chi connectivity index (χ1v) is 6.01. The molecule has 0 bridgehead atoms. The number of aryl methyl sites for hydroxylation is 1. The third-order valence-electron chi connectivity index (χ3n) is 2.94. The molecule has 1 aromatic heterocycles. The molecule has 0 saturated carbocycles. The summed E-state index contributed by atoms with van der Waals surface area (Å²) < 4.78 is 0. The average molecular weight is 225 g/mol. The van der Waals surface area contributed by atoms with Crippen LogP contribution in [0, 0.1) is 6.92 Å². The highest BCUT2D eigenvalue weighted by atomic mass is 14.6. The van der Waals surface area contributed by atoms with Crippen LogP contribution in [0.15, 0.2) is 42.6 Å². The minimum atomic E-state index is 0.160. The van der Waals surface area contributed by atoms with Crippen LogP contribution >= 0.6 is 0 Å². The van der Waals surface area contributed by atoms with Crippen molar-refractivity contribution in [3.63, 3.8) is 0 Å². The van der Waals surface area contributed by atoms with Crippen molar-refractivity contribution >= 4 is 0 Å². The zero-order chi connectivity index (χ0) is 12.5. The van der Waals surface area contributed by atoms with E-state index in [1.54, 1.807) is 0 Å². The molecule has 1 heterocycles. The molecule has 0 aliphatic rings. The molecule has 0 unspecified atom stereocenters. The molecule has 17 heavy (non-hydrogen) atoms. The zero-order valence-corrected chi connectivity index (χ0v) is 11.0. The van der Waals surface area contributed by atoms with Gasteiger partial charge in [-0.3, -0.25) is 4.98 Å². The van der Waals surface area contributed by atoms with E-state index in [-0.39, 0.29) is 5.41 Å². The SMILES string of the molecule is Cc1cc(-c2ccccc2C(C)(C)C)ccn1. The van der Waals surface area contributed by atoms with E-state index in [9.17, 15) is 0 Å². The molecule has 1 aromatic carbocycles. The Hall–Kier alpha value is -1.63. The summed E-state index contributed by atoms with van der Waals surface area (Å²) in [6.45, 7) is 8.78. The van der Waals surface area contributed by atoms with E-state index in [0.717, 1.165) is 5.69 Å². The lowest BCUT2D eigenvalue weighted by atomic mass is 9.82. The van der Waals surface area contributed by atoms with Crippen molar-refractivity contribution in [2.45, 2.75) is 33.1 Å². The molecule has 0 spiro atoms.